The lowest BCUT2D eigenvalue weighted by molar-refractivity contribution is -0.942. The van der Waals surface area contributed by atoms with Crippen LogP contribution >= 0.6 is 11.6 Å². The molecule has 0 bridgehead atoms. The third-order valence-electron chi connectivity index (χ3n) is 4.76. The molecule has 1 aromatic carbocycles. The number of H-pyrrole nitrogens is 1. The summed E-state index contributed by atoms with van der Waals surface area (Å²) in [4.78, 5) is 17.7. The van der Waals surface area contributed by atoms with Crippen LogP contribution in [0.1, 0.15) is 37.4 Å². The van der Waals surface area contributed by atoms with Crippen molar-refractivity contribution >= 4 is 22.5 Å². The van der Waals surface area contributed by atoms with E-state index in [1.54, 1.807) is 6.07 Å². The van der Waals surface area contributed by atoms with Gasteiger partial charge in [0.1, 0.15) is 6.54 Å². The van der Waals surface area contributed by atoms with Gasteiger partial charge in [-0.15, -0.1) is 0 Å². The Balaban J connectivity index is 2.03. The predicted molar refractivity (Wildman–Crippen MR) is 87.2 cm³/mol. The highest BCUT2D eigenvalue weighted by molar-refractivity contribution is 6.31. The number of aromatic amines is 1. The molecule has 0 aliphatic carbocycles. The summed E-state index contributed by atoms with van der Waals surface area (Å²) in [5, 5.41) is 1.31. The summed E-state index contributed by atoms with van der Waals surface area (Å²) >= 11 is 6.04. The third kappa shape index (κ3) is 2.85. The first-order valence-electron chi connectivity index (χ1n) is 7.72. The molecular weight excluding hydrogens is 284 g/mol. The Labute approximate surface area is 129 Å². The van der Waals surface area contributed by atoms with Crippen molar-refractivity contribution in [3.63, 3.8) is 0 Å². The number of rotatable bonds is 2. The number of benzene rings is 1. The standard InChI is InChI=1S/C17H21ClN2O/c1-11-5-3-4-8-20(11)10-15-12(2)19-16-7-6-13(18)9-14(16)17(15)21/h6-7,9,11H,3-5,8,10H2,1-2H3,(H,19,21)/p+1/t11-/m1/s1. The first-order valence-corrected chi connectivity index (χ1v) is 8.09. The topological polar surface area (TPSA) is 37.3 Å². The smallest absolute Gasteiger partial charge is 0.198 e. The van der Waals surface area contributed by atoms with Gasteiger partial charge < -0.3 is 9.88 Å². The zero-order valence-electron chi connectivity index (χ0n) is 12.6. The van der Waals surface area contributed by atoms with Crippen LogP contribution in [0.25, 0.3) is 10.9 Å². The van der Waals surface area contributed by atoms with Crippen LogP contribution in [-0.2, 0) is 6.54 Å². The van der Waals surface area contributed by atoms with Gasteiger partial charge in [-0.05, 0) is 51.3 Å². The summed E-state index contributed by atoms with van der Waals surface area (Å²) in [6, 6.07) is 6.10. The third-order valence-corrected chi connectivity index (χ3v) is 5.00. The van der Waals surface area contributed by atoms with Gasteiger partial charge in [0, 0.05) is 21.6 Å². The highest BCUT2D eigenvalue weighted by Crippen LogP contribution is 2.16. The molecule has 1 aliphatic rings. The zero-order valence-corrected chi connectivity index (χ0v) is 13.4. The average Bonchev–Trinajstić information content (AvgIpc) is 2.46. The van der Waals surface area contributed by atoms with Crippen molar-refractivity contribution in [2.24, 2.45) is 0 Å². The number of pyridine rings is 1. The number of hydrogen-bond donors (Lipinski definition) is 2. The maximum Gasteiger partial charge on any atom is 0.198 e. The van der Waals surface area contributed by atoms with E-state index in [-0.39, 0.29) is 5.43 Å². The molecule has 1 saturated heterocycles. The number of nitrogens with one attached hydrogen (secondary N) is 2. The molecule has 1 aromatic heterocycles. The highest BCUT2D eigenvalue weighted by Gasteiger charge is 2.24. The molecule has 3 nitrogen and oxygen atoms in total. The Bertz CT molecular complexity index is 723. The second-order valence-corrected chi connectivity index (χ2v) is 6.67. The van der Waals surface area contributed by atoms with Crippen molar-refractivity contribution in [2.75, 3.05) is 6.54 Å². The minimum absolute atomic E-state index is 0.133. The molecule has 2 heterocycles. The van der Waals surface area contributed by atoms with Gasteiger partial charge in [-0.1, -0.05) is 11.6 Å². The van der Waals surface area contributed by atoms with E-state index >= 15 is 0 Å². The van der Waals surface area contributed by atoms with Crippen molar-refractivity contribution in [1.82, 2.24) is 4.98 Å². The molecule has 1 unspecified atom stereocenters. The van der Waals surface area contributed by atoms with Crippen molar-refractivity contribution < 1.29 is 4.90 Å². The van der Waals surface area contributed by atoms with Crippen molar-refractivity contribution in [2.45, 2.75) is 45.7 Å². The fourth-order valence-corrected chi connectivity index (χ4v) is 3.55. The van der Waals surface area contributed by atoms with Gasteiger partial charge >= 0.3 is 0 Å². The number of aromatic nitrogens is 1. The fraction of sp³-hybridized carbons (Fsp3) is 0.471. The molecule has 112 valence electrons. The molecule has 21 heavy (non-hydrogen) atoms. The number of quaternary nitrogens is 1. The summed E-state index contributed by atoms with van der Waals surface area (Å²) in [7, 11) is 0. The number of aryl methyl sites for hydroxylation is 1. The first-order chi connectivity index (χ1) is 10.1. The number of piperidine rings is 1. The largest absolute Gasteiger partial charge is 0.358 e. The lowest BCUT2D eigenvalue weighted by atomic mass is 10.0. The zero-order chi connectivity index (χ0) is 15.0. The van der Waals surface area contributed by atoms with Crippen LogP contribution < -0.4 is 10.3 Å². The molecule has 0 spiro atoms. The molecule has 1 fully saturated rings. The summed E-state index contributed by atoms with van der Waals surface area (Å²) in [6.07, 6.45) is 3.83. The maximum atomic E-state index is 12.8. The summed E-state index contributed by atoms with van der Waals surface area (Å²) in [5.74, 6) is 0. The molecule has 1 aliphatic heterocycles. The second-order valence-electron chi connectivity index (χ2n) is 6.23. The molecule has 0 amide bonds. The van der Waals surface area contributed by atoms with Crippen molar-refractivity contribution in [3.8, 4) is 0 Å². The molecule has 2 atom stereocenters. The SMILES string of the molecule is Cc1[nH]c2ccc(Cl)cc2c(=O)c1C[NH+]1CCCC[C@H]1C. The summed E-state index contributed by atoms with van der Waals surface area (Å²) < 4.78 is 0. The van der Waals surface area contributed by atoms with E-state index in [1.165, 1.54) is 24.2 Å². The molecule has 3 rings (SSSR count). The fourth-order valence-electron chi connectivity index (χ4n) is 3.38. The van der Waals surface area contributed by atoms with Crippen LogP contribution in [0.3, 0.4) is 0 Å². The second kappa shape index (κ2) is 5.82. The van der Waals surface area contributed by atoms with Crippen LogP contribution in [0, 0.1) is 6.92 Å². The highest BCUT2D eigenvalue weighted by atomic mass is 35.5. The number of likely N-dealkylation sites (tertiary alicyclic amines) is 1. The van der Waals surface area contributed by atoms with Crippen LogP contribution in [0.2, 0.25) is 5.02 Å². The summed E-state index contributed by atoms with van der Waals surface area (Å²) in [6.45, 7) is 6.26. The van der Waals surface area contributed by atoms with Gasteiger partial charge in [0.05, 0.1) is 18.2 Å². The number of hydrogen-bond acceptors (Lipinski definition) is 1. The van der Waals surface area contributed by atoms with E-state index in [4.69, 9.17) is 11.6 Å². The van der Waals surface area contributed by atoms with Crippen LogP contribution in [-0.4, -0.2) is 17.6 Å². The van der Waals surface area contributed by atoms with Gasteiger partial charge in [0.25, 0.3) is 0 Å². The monoisotopic (exact) mass is 305 g/mol. The van der Waals surface area contributed by atoms with E-state index in [0.717, 1.165) is 29.9 Å². The van der Waals surface area contributed by atoms with Crippen molar-refractivity contribution in [1.29, 1.82) is 0 Å². The minimum Gasteiger partial charge on any atom is -0.358 e. The Morgan fingerprint density at radius 3 is 2.95 bits per heavy atom. The van der Waals surface area contributed by atoms with Gasteiger partial charge in [0.15, 0.2) is 5.43 Å². The Hall–Kier alpha value is -1.32. The van der Waals surface area contributed by atoms with E-state index in [9.17, 15) is 4.79 Å². The van der Waals surface area contributed by atoms with Crippen LogP contribution in [0.15, 0.2) is 23.0 Å². The first kappa shape index (κ1) is 14.6. The number of halogens is 1. The minimum atomic E-state index is 0.133. The Kier molecular flexibility index (Phi) is 4.05. The Morgan fingerprint density at radius 2 is 2.19 bits per heavy atom. The van der Waals surface area contributed by atoms with Gasteiger partial charge in [0.2, 0.25) is 0 Å². The van der Waals surface area contributed by atoms with Crippen molar-refractivity contribution in [3.05, 3.63) is 44.7 Å². The maximum absolute atomic E-state index is 12.8. The molecule has 0 saturated carbocycles. The lowest BCUT2D eigenvalue weighted by Crippen LogP contribution is -3.15. The number of fused-ring (bicyclic) bond motifs is 1. The van der Waals surface area contributed by atoms with E-state index < -0.39 is 0 Å². The van der Waals surface area contributed by atoms with Crippen LogP contribution in [0.4, 0.5) is 0 Å². The molecule has 2 aromatic rings. The van der Waals surface area contributed by atoms with Crippen LogP contribution in [0.5, 0.6) is 0 Å². The molecule has 0 radical (unpaired) electrons. The van der Waals surface area contributed by atoms with Gasteiger partial charge in [-0.25, -0.2) is 0 Å². The van der Waals surface area contributed by atoms with Gasteiger partial charge in [-0.2, -0.15) is 0 Å². The molecule has 2 N–H and O–H groups in total. The predicted octanol–water partition coefficient (Wildman–Crippen LogP) is 2.45. The lowest BCUT2D eigenvalue weighted by Gasteiger charge is -2.30. The molecular formula is C17H22ClN2O+. The average molecular weight is 306 g/mol. The van der Waals surface area contributed by atoms with E-state index in [1.807, 2.05) is 19.1 Å². The van der Waals surface area contributed by atoms with E-state index in [2.05, 4.69) is 11.9 Å². The molecule has 4 heteroatoms. The Morgan fingerprint density at radius 1 is 1.38 bits per heavy atom. The quantitative estimate of drug-likeness (QED) is 0.878. The normalized spacial score (nSPS) is 22.6. The van der Waals surface area contributed by atoms with E-state index in [0.29, 0.717) is 16.5 Å². The van der Waals surface area contributed by atoms with Gasteiger partial charge in [-0.3, -0.25) is 4.79 Å². The summed E-state index contributed by atoms with van der Waals surface area (Å²) in [5.41, 5.74) is 2.90.